The van der Waals surface area contributed by atoms with E-state index in [0.717, 1.165) is 13.1 Å². The molecule has 20 heavy (non-hydrogen) atoms. The quantitative estimate of drug-likeness (QED) is 0.748. The van der Waals surface area contributed by atoms with Crippen molar-refractivity contribution < 1.29 is 18.3 Å². The molecule has 0 aromatic heterocycles. The Hall–Kier alpha value is -1.44. The second-order valence-electron chi connectivity index (χ2n) is 4.23. The third-order valence-corrected chi connectivity index (χ3v) is 4.54. The maximum Gasteiger partial charge on any atom is 0.337 e. The van der Waals surface area contributed by atoms with E-state index in [1.807, 2.05) is 13.8 Å². The first-order valence-corrected chi connectivity index (χ1v) is 7.95. The maximum atomic E-state index is 12.1. The minimum atomic E-state index is -3.81. The molecule has 0 fully saturated rings. The van der Waals surface area contributed by atoms with Crippen LogP contribution in [0.1, 0.15) is 24.2 Å². The third-order valence-electron chi connectivity index (χ3n) is 3.02. The topological polar surface area (TPSA) is 86.7 Å². The summed E-state index contributed by atoms with van der Waals surface area (Å²) in [4.78, 5) is 12.9. The molecule has 0 heterocycles. The van der Waals surface area contributed by atoms with Gasteiger partial charge >= 0.3 is 5.97 Å². The van der Waals surface area contributed by atoms with Gasteiger partial charge in [0.1, 0.15) is 0 Å². The first kappa shape index (κ1) is 16.6. The maximum absolute atomic E-state index is 12.1. The molecule has 7 heteroatoms. The monoisotopic (exact) mass is 300 g/mol. The molecule has 6 nitrogen and oxygen atoms in total. The molecule has 0 bridgehead atoms. The van der Waals surface area contributed by atoms with Crippen LogP contribution < -0.4 is 4.72 Å². The zero-order valence-electron chi connectivity index (χ0n) is 11.7. The highest BCUT2D eigenvalue weighted by Gasteiger charge is 2.21. The lowest BCUT2D eigenvalue weighted by molar-refractivity contribution is 0.0692. The number of hydrogen-bond acceptors (Lipinski definition) is 4. The van der Waals surface area contributed by atoms with Crippen molar-refractivity contribution in [3.05, 3.63) is 29.8 Å². The van der Waals surface area contributed by atoms with Gasteiger partial charge in [0.15, 0.2) is 0 Å². The number of carboxylic acids is 1. The van der Waals surface area contributed by atoms with Gasteiger partial charge in [0.25, 0.3) is 0 Å². The molecule has 0 unspecified atom stereocenters. The summed E-state index contributed by atoms with van der Waals surface area (Å²) >= 11 is 0. The smallest absolute Gasteiger partial charge is 0.337 e. The van der Waals surface area contributed by atoms with Gasteiger partial charge in [-0.05, 0) is 25.2 Å². The lowest BCUT2D eigenvalue weighted by Crippen LogP contribution is -2.35. The van der Waals surface area contributed by atoms with Crippen LogP contribution in [0.15, 0.2) is 29.2 Å². The Labute approximate surface area is 119 Å². The standard InChI is InChI=1S/C13H20N2O4S/c1-3-15(4-2)10-9-14-20(18,19)12-8-6-5-7-11(12)13(16)17/h5-8,14H,3-4,9-10H2,1-2H3,(H,16,17). The van der Waals surface area contributed by atoms with E-state index in [-0.39, 0.29) is 17.0 Å². The predicted molar refractivity (Wildman–Crippen MR) is 76.4 cm³/mol. The molecule has 1 aromatic carbocycles. The van der Waals surface area contributed by atoms with Crippen LogP contribution in [0.4, 0.5) is 0 Å². The molecule has 1 aromatic rings. The molecular formula is C13H20N2O4S. The summed E-state index contributed by atoms with van der Waals surface area (Å²) in [5, 5.41) is 9.02. The molecule has 112 valence electrons. The minimum Gasteiger partial charge on any atom is -0.478 e. The number of hydrogen-bond donors (Lipinski definition) is 2. The van der Waals surface area contributed by atoms with Crippen LogP contribution in [0.3, 0.4) is 0 Å². The zero-order valence-corrected chi connectivity index (χ0v) is 12.5. The van der Waals surface area contributed by atoms with E-state index < -0.39 is 16.0 Å². The number of sulfonamides is 1. The normalized spacial score (nSPS) is 11.8. The Morgan fingerprint density at radius 1 is 1.25 bits per heavy atom. The Morgan fingerprint density at radius 2 is 1.85 bits per heavy atom. The van der Waals surface area contributed by atoms with E-state index in [9.17, 15) is 13.2 Å². The summed E-state index contributed by atoms with van der Waals surface area (Å²) in [5.74, 6) is -1.25. The first-order valence-electron chi connectivity index (χ1n) is 6.46. The van der Waals surface area contributed by atoms with Gasteiger partial charge in [-0.2, -0.15) is 0 Å². The number of nitrogens with one attached hydrogen (secondary N) is 1. The molecule has 1 rings (SSSR count). The lowest BCUT2D eigenvalue weighted by atomic mass is 10.2. The molecular weight excluding hydrogens is 280 g/mol. The summed E-state index contributed by atoms with van der Waals surface area (Å²) < 4.78 is 26.7. The molecule has 2 N–H and O–H groups in total. The largest absolute Gasteiger partial charge is 0.478 e. The van der Waals surface area contributed by atoms with Crippen LogP contribution in [0.5, 0.6) is 0 Å². The number of rotatable bonds is 8. The van der Waals surface area contributed by atoms with Crippen LogP contribution in [0.2, 0.25) is 0 Å². The number of aromatic carboxylic acids is 1. The number of benzene rings is 1. The molecule has 0 aliphatic heterocycles. The fourth-order valence-corrected chi connectivity index (χ4v) is 3.05. The highest BCUT2D eigenvalue weighted by atomic mass is 32.2. The van der Waals surface area contributed by atoms with Gasteiger partial charge in [-0.1, -0.05) is 26.0 Å². The Bertz CT molecular complexity index is 553. The van der Waals surface area contributed by atoms with E-state index in [1.54, 1.807) is 0 Å². The molecule has 0 saturated carbocycles. The average Bonchev–Trinajstić information content (AvgIpc) is 2.43. The molecule has 0 amide bonds. The minimum absolute atomic E-state index is 0.202. The Balaban J connectivity index is 2.82. The van der Waals surface area contributed by atoms with Crippen LogP contribution >= 0.6 is 0 Å². The summed E-state index contributed by atoms with van der Waals surface area (Å²) in [7, 11) is -3.81. The van der Waals surface area contributed by atoms with E-state index in [0.29, 0.717) is 6.54 Å². The van der Waals surface area contributed by atoms with Gasteiger partial charge in [0, 0.05) is 13.1 Å². The number of nitrogens with zero attached hydrogens (tertiary/aromatic N) is 1. The van der Waals surface area contributed by atoms with Gasteiger partial charge < -0.3 is 10.0 Å². The lowest BCUT2D eigenvalue weighted by Gasteiger charge is -2.18. The third kappa shape index (κ3) is 4.29. The average molecular weight is 300 g/mol. The number of likely N-dealkylation sites (N-methyl/N-ethyl adjacent to an activating group) is 1. The fourth-order valence-electron chi connectivity index (χ4n) is 1.83. The summed E-state index contributed by atoms with van der Waals surface area (Å²) in [5.41, 5.74) is -0.220. The molecule has 0 aliphatic carbocycles. The van der Waals surface area contributed by atoms with Crippen molar-refractivity contribution in [3.8, 4) is 0 Å². The van der Waals surface area contributed by atoms with Gasteiger partial charge in [-0.25, -0.2) is 17.9 Å². The van der Waals surface area contributed by atoms with Crippen molar-refractivity contribution in [2.24, 2.45) is 0 Å². The number of carbonyl (C=O) groups is 1. The van der Waals surface area contributed by atoms with E-state index in [2.05, 4.69) is 9.62 Å². The van der Waals surface area contributed by atoms with Crippen molar-refractivity contribution in [1.82, 2.24) is 9.62 Å². The Morgan fingerprint density at radius 3 is 2.40 bits per heavy atom. The zero-order chi connectivity index (χ0) is 15.2. The molecule has 0 spiro atoms. The van der Waals surface area contributed by atoms with Crippen molar-refractivity contribution in [2.75, 3.05) is 26.2 Å². The van der Waals surface area contributed by atoms with E-state index >= 15 is 0 Å². The summed E-state index contributed by atoms with van der Waals surface area (Å²) in [6, 6.07) is 5.58. The van der Waals surface area contributed by atoms with Crippen molar-refractivity contribution in [2.45, 2.75) is 18.7 Å². The van der Waals surface area contributed by atoms with Gasteiger partial charge in [-0.15, -0.1) is 0 Å². The SMILES string of the molecule is CCN(CC)CCNS(=O)(=O)c1ccccc1C(=O)O. The molecule has 0 radical (unpaired) electrons. The van der Waals surface area contributed by atoms with Crippen molar-refractivity contribution in [3.63, 3.8) is 0 Å². The summed E-state index contributed by atoms with van der Waals surface area (Å²) in [6.45, 7) is 6.50. The van der Waals surface area contributed by atoms with Crippen molar-refractivity contribution >= 4 is 16.0 Å². The van der Waals surface area contributed by atoms with E-state index in [1.165, 1.54) is 24.3 Å². The molecule has 0 atom stereocenters. The Kier molecular flexibility index (Phi) is 6.12. The molecule has 0 aliphatic rings. The predicted octanol–water partition coefficient (Wildman–Crippen LogP) is 1.00. The van der Waals surface area contributed by atoms with Crippen LogP contribution in [0.25, 0.3) is 0 Å². The number of carboxylic acid groups (broad SMARTS) is 1. The highest BCUT2D eigenvalue weighted by molar-refractivity contribution is 7.89. The van der Waals surface area contributed by atoms with Gasteiger partial charge in [0.05, 0.1) is 10.5 Å². The van der Waals surface area contributed by atoms with Crippen molar-refractivity contribution in [1.29, 1.82) is 0 Å². The van der Waals surface area contributed by atoms with Gasteiger partial charge in [-0.3, -0.25) is 0 Å². The van der Waals surface area contributed by atoms with Crippen LogP contribution in [-0.2, 0) is 10.0 Å². The summed E-state index contributed by atoms with van der Waals surface area (Å²) in [6.07, 6.45) is 0. The second-order valence-corrected chi connectivity index (χ2v) is 5.96. The first-order chi connectivity index (χ1) is 9.42. The highest BCUT2D eigenvalue weighted by Crippen LogP contribution is 2.14. The molecule has 0 saturated heterocycles. The van der Waals surface area contributed by atoms with Gasteiger partial charge in [0.2, 0.25) is 10.0 Å². The van der Waals surface area contributed by atoms with Crippen LogP contribution in [-0.4, -0.2) is 50.6 Å². The second kappa shape index (κ2) is 7.37. The van der Waals surface area contributed by atoms with Crippen LogP contribution in [0, 0.1) is 0 Å². The van der Waals surface area contributed by atoms with E-state index in [4.69, 9.17) is 5.11 Å². The fraction of sp³-hybridized carbons (Fsp3) is 0.462.